The van der Waals surface area contributed by atoms with E-state index in [4.69, 9.17) is 5.11 Å². The number of rotatable bonds is 6. The second-order valence-corrected chi connectivity index (χ2v) is 4.95. The van der Waals surface area contributed by atoms with E-state index in [0.717, 1.165) is 26.1 Å². The molecule has 100 valence electrons. The first-order valence-electron chi connectivity index (χ1n) is 6.68. The Balaban J connectivity index is 1.88. The van der Waals surface area contributed by atoms with E-state index in [-0.39, 0.29) is 6.61 Å². The molecule has 0 amide bonds. The van der Waals surface area contributed by atoms with Crippen molar-refractivity contribution in [1.82, 2.24) is 16.2 Å². The molecular weight excluding hydrogens is 226 g/mol. The standard InChI is InChI=1S/C14H23N3O/c1-11-3-5-12(6-4-11)14-13(10-16-17-14)9-15-7-2-8-18/h3-6,13-18H,2,7-10H2,1H3. The SMILES string of the molecule is Cc1ccc(C2NNCC2CNCCCO)cc1. The summed E-state index contributed by atoms with van der Waals surface area (Å²) >= 11 is 0. The minimum Gasteiger partial charge on any atom is -0.396 e. The zero-order valence-electron chi connectivity index (χ0n) is 10.9. The minimum atomic E-state index is 0.259. The summed E-state index contributed by atoms with van der Waals surface area (Å²) in [7, 11) is 0. The summed E-state index contributed by atoms with van der Waals surface area (Å²) in [4.78, 5) is 0. The van der Waals surface area contributed by atoms with Gasteiger partial charge in [-0.2, -0.15) is 0 Å². The van der Waals surface area contributed by atoms with Gasteiger partial charge in [0, 0.05) is 25.6 Å². The van der Waals surface area contributed by atoms with Crippen molar-refractivity contribution in [3.63, 3.8) is 0 Å². The third kappa shape index (κ3) is 3.53. The summed E-state index contributed by atoms with van der Waals surface area (Å²) in [5, 5.41) is 12.1. The molecule has 4 N–H and O–H groups in total. The van der Waals surface area contributed by atoms with Crippen molar-refractivity contribution in [3.05, 3.63) is 35.4 Å². The molecule has 4 nitrogen and oxygen atoms in total. The van der Waals surface area contributed by atoms with Crippen LogP contribution in [-0.2, 0) is 0 Å². The fraction of sp³-hybridized carbons (Fsp3) is 0.571. The molecule has 2 atom stereocenters. The highest BCUT2D eigenvalue weighted by atomic mass is 16.3. The van der Waals surface area contributed by atoms with Crippen LogP contribution < -0.4 is 16.2 Å². The number of benzene rings is 1. The van der Waals surface area contributed by atoms with Crippen molar-refractivity contribution in [2.45, 2.75) is 19.4 Å². The Morgan fingerprint density at radius 2 is 2.11 bits per heavy atom. The fourth-order valence-corrected chi connectivity index (χ4v) is 2.35. The van der Waals surface area contributed by atoms with Crippen LogP contribution >= 0.6 is 0 Å². The van der Waals surface area contributed by atoms with Crippen molar-refractivity contribution < 1.29 is 5.11 Å². The number of hydrogen-bond acceptors (Lipinski definition) is 4. The molecule has 1 heterocycles. The van der Waals surface area contributed by atoms with Crippen molar-refractivity contribution >= 4 is 0 Å². The molecule has 0 aliphatic carbocycles. The Hall–Kier alpha value is -0.940. The van der Waals surface area contributed by atoms with E-state index in [9.17, 15) is 0 Å². The largest absolute Gasteiger partial charge is 0.396 e. The first kappa shape index (κ1) is 13.5. The monoisotopic (exact) mass is 249 g/mol. The maximum absolute atomic E-state index is 8.75. The van der Waals surface area contributed by atoms with Crippen LogP contribution in [0, 0.1) is 12.8 Å². The van der Waals surface area contributed by atoms with Gasteiger partial charge in [0.05, 0.1) is 6.04 Å². The second-order valence-electron chi connectivity index (χ2n) is 4.95. The number of aliphatic hydroxyl groups excluding tert-OH is 1. The predicted molar refractivity (Wildman–Crippen MR) is 73.1 cm³/mol. The highest BCUT2D eigenvalue weighted by Gasteiger charge is 2.27. The molecule has 4 heteroatoms. The van der Waals surface area contributed by atoms with Gasteiger partial charge in [0.1, 0.15) is 0 Å². The average Bonchev–Trinajstić information content (AvgIpc) is 2.84. The molecule has 0 bridgehead atoms. The first-order valence-corrected chi connectivity index (χ1v) is 6.68. The molecule has 1 aliphatic rings. The number of aliphatic hydroxyl groups is 1. The maximum atomic E-state index is 8.75. The molecule has 0 spiro atoms. The summed E-state index contributed by atoms with van der Waals surface area (Å²) in [5.41, 5.74) is 9.21. The predicted octanol–water partition coefficient (Wildman–Crippen LogP) is 0.732. The van der Waals surface area contributed by atoms with Crippen LogP contribution in [-0.4, -0.2) is 31.3 Å². The minimum absolute atomic E-state index is 0.259. The number of hydrogen-bond donors (Lipinski definition) is 4. The van der Waals surface area contributed by atoms with E-state index < -0.39 is 0 Å². The summed E-state index contributed by atoms with van der Waals surface area (Å²) < 4.78 is 0. The topological polar surface area (TPSA) is 56.3 Å². The van der Waals surface area contributed by atoms with Crippen LogP contribution in [0.2, 0.25) is 0 Å². The Bertz CT molecular complexity index is 353. The lowest BCUT2D eigenvalue weighted by atomic mass is 9.94. The first-order chi connectivity index (χ1) is 8.81. The van der Waals surface area contributed by atoms with Gasteiger partial charge in [-0.1, -0.05) is 29.8 Å². The molecular formula is C14H23N3O. The van der Waals surface area contributed by atoms with Gasteiger partial charge in [0.25, 0.3) is 0 Å². The molecule has 1 aliphatic heterocycles. The van der Waals surface area contributed by atoms with E-state index in [1.54, 1.807) is 0 Å². The summed E-state index contributed by atoms with van der Waals surface area (Å²) in [6, 6.07) is 9.07. The molecule has 1 fully saturated rings. The van der Waals surface area contributed by atoms with Gasteiger partial charge >= 0.3 is 0 Å². The summed E-state index contributed by atoms with van der Waals surface area (Å²) in [6.07, 6.45) is 0.822. The van der Waals surface area contributed by atoms with Crippen molar-refractivity contribution in [2.24, 2.45) is 5.92 Å². The van der Waals surface area contributed by atoms with Gasteiger partial charge < -0.3 is 10.4 Å². The normalized spacial score (nSPS) is 23.4. The molecule has 0 saturated carbocycles. The summed E-state index contributed by atoms with van der Waals surface area (Å²) in [5.74, 6) is 0.548. The molecule has 1 aromatic rings. The Morgan fingerprint density at radius 1 is 1.33 bits per heavy atom. The van der Waals surface area contributed by atoms with Crippen LogP contribution in [0.15, 0.2) is 24.3 Å². The van der Waals surface area contributed by atoms with E-state index in [1.165, 1.54) is 11.1 Å². The van der Waals surface area contributed by atoms with Crippen molar-refractivity contribution in [2.75, 3.05) is 26.2 Å². The zero-order chi connectivity index (χ0) is 12.8. The van der Waals surface area contributed by atoms with Gasteiger partial charge in [-0.25, -0.2) is 5.43 Å². The van der Waals surface area contributed by atoms with Crippen LogP contribution in [0.4, 0.5) is 0 Å². The molecule has 2 unspecified atom stereocenters. The molecule has 2 rings (SSSR count). The third-order valence-corrected chi connectivity index (χ3v) is 3.45. The lowest BCUT2D eigenvalue weighted by molar-refractivity contribution is 0.284. The van der Waals surface area contributed by atoms with Crippen molar-refractivity contribution in [3.8, 4) is 0 Å². The molecule has 0 aromatic heterocycles. The molecule has 18 heavy (non-hydrogen) atoms. The Labute approximate surface area is 109 Å². The fourth-order valence-electron chi connectivity index (χ4n) is 2.35. The zero-order valence-corrected chi connectivity index (χ0v) is 10.9. The number of nitrogens with one attached hydrogen (secondary N) is 3. The van der Waals surface area contributed by atoms with Gasteiger partial charge in [-0.15, -0.1) is 0 Å². The van der Waals surface area contributed by atoms with E-state index in [2.05, 4.69) is 47.4 Å². The third-order valence-electron chi connectivity index (χ3n) is 3.45. The average molecular weight is 249 g/mol. The van der Waals surface area contributed by atoms with Gasteiger partial charge in [-0.3, -0.25) is 5.43 Å². The quantitative estimate of drug-likeness (QED) is 0.562. The molecule has 1 aromatic carbocycles. The van der Waals surface area contributed by atoms with Crippen LogP contribution in [0.1, 0.15) is 23.6 Å². The van der Waals surface area contributed by atoms with Crippen LogP contribution in [0.5, 0.6) is 0 Å². The highest BCUT2D eigenvalue weighted by Crippen LogP contribution is 2.24. The molecule has 0 radical (unpaired) electrons. The molecule has 1 saturated heterocycles. The highest BCUT2D eigenvalue weighted by molar-refractivity contribution is 5.25. The second kappa shape index (κ2) is 6.85. The maximum Gasteiger partial charge on any atom is 0.0515 e. The summed E-state index contributed by atoms with van der Waals surface area (Å²) in [6.45, 7) is 5.20. The van der Waals surface area contributed by atoms with E-state index in [1.807, 2.05) is 0 Å². The van der Waals surface area contributed by atoms with Gasteiger partial charge in [0.2, 0.25) is 0 Å². The van der Waals surface area contributed by atoms with Crippen molar-refractivity contribution in [1.29, 1.82) is 0 Å². The Morgan fingerprint density at radius 3 is 2.83 bits per heavy atom. The van der Waals surface area contributed by atoms with Gasteiger partial charge in [0.15, 0.2) is 0 Å². The lowest BCUT2D eigenvalue weighted by Gasteiger charge is -2.19. The smallest absolute Gasteiger partial charge is 0.0515 e. The number of hydrazine groups is 1. The van der Waals surface area contributed by atoms with E-state index in [0.29, 0.717) is 12.0 Å². The Kier molecular flexibility index (Phi) is 5.13. The van der Waals surface area contributed by atoms with Crippen LogP contribution in [0.3, 0.4) is 0 Å². The van der Waals surface area contributed by atoms with E-state index >= 15 is 0 Å². The van der Waals surface area contributed by atoms with Gasteiger partial charge in [-0.05, 0) is 25.5 Å². The lowest BCUT2D eigenvalue weighted by Crippen LogP contribution is -2.29. The van der Waals surface area contributed by atoms with Crippen LogP contribution in [0.25, 0.3) is 0 Å². The number of aryl methyl sites for hydroxylation is 1.